The summed E-state index contributed by atoms with van der Waals surface area (Å²) in [5.74, 6) is 0.214. The van der Waals surface area contributed by atoms with Crippen LogP contribution < -0.4 is 5.32 Å². The minimum Gasteiger partial charge on any atom is -0.391 e. The van der Waals surface area contributed by atoms with Crippen molar-refractivity contribution < 1.29 is 9.90 Å². The van der Waals surface area contributed by atoms with E-state index in [0.717, 1.165) is 23.9 Å². The second-order valence-corrected chi connectivity index (χ2v) is 4.75. The van der Waals surface area contributed by atoms with Crippen LogP contribution in [0.5, 0.6) is 0 Å². The monoisotopic (exact) mass is 245 g/mol. The molecule has 3 N–H and O–H groups in total. The number of carbonyl (C=O) groups excluding carboxylic acids is 1. The highest BCUT2D eigenvalue weighted by molar-refractivity contribution is 5.97. The zero-order valence-electron chi connectivity index (χ0n) is 9.89. The normalized spacial score (nSPS) is 16.7. The summed E-state index contributed by atoms with van der Waals surface area (Å²) < 4.78 is 0. The van der Waals surface area contributed by atoms with Crippen molar-refractivity contribution >= 4 is 16.9 Å². The molecule has 0 spiro atoms. The highest BCUT2D eigenvalue weighted by Gasteiger charge is 2.29. The molecule has 1 heterocycles. The largest absolute Gasteiger partial charge is 0.391 e. The lowest BCUT2D eigenvalue weighted by molar-refractivity contribution is 0.0901. The van der Waals surface area contributed by atoms with E-state index in [4.69, 9.17) is 0 Å². The predicted octanol–water partition coefficient (Wildman–Crippen LogP) is 1.06. The van der Waals surface area contributed by atoms with Crippen molar-refractivity contribution in [1.82, 2.24) is 15.3 Å². The lowest BCUT2D eigenvalue weighted by Gasteiger charge is -2.10. The third-order valence-corrected chi connectivity index (χ3v) is 3.32. The zero-order valence-corrected chi connectivity index (χ0v) is 9.89. The summed E-state index contributed by atoms with van der Waals surface area (Å²) in [6.45, 7) is 0.324. The van der Waals surface area contributed by atoms with Gasteiger partial charge in [0.25, 0.3) is 5.91 Å². The highest BCUT2D eigenvalue weighted by Crippen LogP contribution is 2.32. The Morgan fingerprint density at radius 3 is 3.17 bits per heavy atom. The number of nitrogens with zero attached hydrogens (tertiary/aromatic N) is 1. The van der Waals surface area contributed by atoms with Gasteiger partial charge in [-0.2, -0.15) is 0 Å². The number of rotatable bonds is 4. The van der Waals surface area contributed by atoms with E-state index in [1.54, 1.807) is 24.5 Å². The van der Waals surface area contributed by atoms with E-state index in [-0.39, 0.29) is 5.91 Å². The van der Waals surface area contributed by atoms with Crippen LogP contribution in [0.4, 0.5) is 0 Å². The number of fused-ring (bicyclic) bond motifs is 1. The average Bonchev–Trinajstić information content (AvgIpc) is 3.13. The molecule has 1 aliphatic carbocycles. The molecule has 1 amide bonds. The van der Waals surface area contributed by atoms with Gasteiger partial charge in [0.1, 0.15) is 0 Å². The van der Waals surface area contributed by atoms with Gasteiger partial charge in [0.15, 0.2) is 0 Å². The number of aromatic amines is 1. The number of hydrogen-bond donors (Lipinski definition) is 3. The summed E-state index contributed by atoms with van der Waals surface area (Å²) in [4.78, 5) is 19.0. The van der Waals surface area contributed by atoms with Gasteiger partial charge in [-0.25, -0.2) is 4.98 Å². The smallest absolute Gasteiger partial charge is 0.251 e. The summed E-state index contributed by atoms with van der Waals surface area (Å²) in [5, 5.41) is 12.4. The van der Waals surface area contributed by atoms with Gasteiger partial charge < -0.3 is 15.4 Å². The Morgan fingerprint density at radius 1 is 1.56 bits per heavy atom. The van der Waals surface area contributed by atoms with Crippen LogP contribution in [0.2, 0.25) is 0 Å². The van der Waals surface area contributed by atoms with Crippen LogP contribution in [-0.4, -0.2) is 33.6 Å². The van der Waals surface area contributed by atoms with E-state index < -0.39 is 6.10 Å². The molecule has 3 rings (SSSR count). The van der Waals surface area contributed by atoms with Crippen LogP contribution in [-0.2, 0) is 0 Å². The van der Waals surface area contributed by atoms with Crippen molar-refractivity contribution in [3.8, 4) is 0 Å². The van der Waals surface area contributed by atoms with Gasteiger partial charge in [-0.05, 0) is 37.0 Å². The molecule has 1 saturated carbocycles. The lowest BCUT2D eigenvalue weighted by atomic mass is 10.1. The molecule has 18 heavy (non-hydrogen) atoms. The molecule has 0 aliphatic heterocycles. The first kappa shape index (κ1) is 11.2. The summed E-state index contributed by atoms with van der Waals surface area (Å²) in [6, 6.07) is 5.31. The Morgan fingerprint density at radius 2 is 2.39 bits per heavy atom. The van der Waals surface area contributed by atoms with E-state index in [1.807, 2.05) is 0 Å². The van der Waals surface area contributed by atoms with Gasteiger partial charge in [0.2, 0.25) is 0 Å². The molecule has 1 aliphatic rings. The first-order valence-electron chi connectivity index (χ1n) is 6.13. The van der Waals surface area contributed by atoms with Gasteiger partial charge >= 0.3 is 0 Å². The number of H-pyrrole nitrogens is 1. The van der Waals surface area contributed by atoms with Gasteiger partial charge in [-0.3, -0.25) is 4.79 Å². The van der Waals surface area contributed by atoms with Crippen LogP contribution in [0.1, 0.15) is 23.2 Å². The van der Waals surface area contributed by atoms with Crippen molar-refractivity contribution in [2.45, 2.75) is 18.9 Å². The number of hydrogen-bond acceptors (Lipinski definition) is 3. The fourth-order valence-electron chi connectivity index (χ4n) is 2.02. The molecule has 1 fully saturated rings. The van der Waals surface area contributed by atoms with Crippen LogP contribution in [0.15, 0.2) is 24.5 Å². The Labute approximate surface area is 104 Å². The molecule has 94 valence electrons. The van der Waals surface area contributed by atoms with E-state index in [0.29, 0.717) is 18.0 Å². The maximum absolute atomic E-state index is 11.9. The number of aliphatic hydroxyl groups excluding tert-OH is 1. The molecule has 0 saturated heterocycles. The molecule has 1 aromatic carbocycles. The first-order valence-corrected chi connectivity index (χ1v) is 6.13. The fourth-order valence-corrected chi connectivity index (χ4v) is 2.02. The third kappa shape index (κ3) is 2.22. The Bertz CT molecular complexity index is 574. The first-order chi connectivity index (χ1) is 8.74. The second-order valence-electron chi connectivity index (χ2n) is 4.75. The number of amides is 1. The fraction of sp³-hybridized carbons (Fsp3) is 0.385. The third-order valence-electron chi connectivity index (χ3n) is 3.32. The number of aromatic nitrogens is 2. The van der Waals surface area contributed by atoms with Crippen LogP contribution in [0.3, 0.4) is 0 Å². The minimum absolute atomic E-state index is 0.161. The molecule has 0 radical (unpaired) electrons. The molecule has 5 nitrogen and oxygen atoms in total. The maximum Gasteiger partial charge on any atom is 0.251 e. The molecule has 5 heteroatoms. The number of nitrogens with one attached hydrogen (secondary N) is 2. The predicted molar refractivity (Wildman–Crippen MR) is 67.2 cm³/mol. The molecular weight excluding hydrogens is 230 g/mol. The Balaban J connectivity index is 1.66. The van der Waals surface area contributed by atoms with E-state index in [1.165, 1.54) is 0 Å². The van der Waals surface area contributed by atoms with Gasteiger partial charge in [-0.15, -0.1) is 0 Å². The van der Waals surface area contributed by atoms with Crippen molar-refractivity contribution in [3.63, 3.8) is 0 Å². The van der Waals surface area contributed by atoms with Gasteiger partial charge in [0, 0.05) is 12.1 Å². The Kier molecular flexibility index (Phi) is 2.76. The molecule has 1 atom stereocenters. The number of benzene rings is 1. The second kappa shape index (κ2) is 4.42. The number of aliphatic hydroxyl groups is 1. The topological polar surface area (TPSA) is 78.0 Å². The van der Waals surface area contributed by atoms with Crippen molar-refractivity contribution in [2.24, 2.45) is 5.92 Å². The minimum atomic E-state index is -0.412. The standard InChI is InChI=1S/C13H15N3O2/c17-12(8-1-2-8)6-14-13(18)9-3-4-10-11(5-9)16-7-15-10/h3-5,7-8,12,17H,1-2,6H2,(H,14,18)(H,15,16). The van der Waals surface area contributed by atoms with Gasteiger partial charge in [0.05, 0.1) is 23.5 Å². The number of imidazole rings is 1. The summed E-state index contributed by atoms with van der Waals surface area (Å²) in [6.07, 6.45) is 3.32. The van der Waals surface area contributed by atoms with Crippen molar-refractivity contribution in [2.75, 3.05) is 6.54 Å². The van der Waals surface area contributed by atoms with E-state index in [9.17, 15) is 9.90 Å². The van der Waals surface area contributed by atoms with Crippen LogP contribution in [0.25, 0.3) is 11.0 Å². The molecule has 1 aromatic heterocycles. The molecular formula is C13H15N3O2. The number of carbonyl (C=O) groups is 1. The highest BCUT2D eigenvalue weighted by atomic mass is 16.3. The Hall–Kier alpha value is -1.88. The van der Waals surface area contributed by atoms with Crippen LogP contribution >= 0.6 is 0 Å². The van der Waals surface area contributed by atoms with E-state index >= 15 is 0 Å². The summed E-state index contributed by atoms with van der Waals surface area (Å²) in [5.41, 5.74) is 2.25. The maximum atomic E-state index is 11.9. The van der Waals surface area contributed by atoms with Crippen molar-refractivity contribution in [1.29, 1.82) is 0 Å². The summed E-state index contributed by atoms with van der Waals surface area (Å²) in [7, 11) is 0. The zero-order chi connectivity index (χ0) is 12.5. The SMILES string of the molecule is O=C(NCC(O)C1CC1)c1ccc2nc[nH]c2c1. The average molecular weight is 245 g/mol. The molecule has 2 aromatic rings. The van der Waals surface area contributed by atoms with Gasteiger partial charge in [-0.1, -0.05) is 0 Å². The summed E-state index contributed by atoms with van der Waals surface area (Å²) >= 11 is 0. The molecule has 0 bridgehead atoms. The van der Waals surface area contributed by atoms with Crippen molar-refractivity contribution in [3.05, 3.63) is 30.1 Å². The van der Waals surface area contributed by atoms with E-state index in [2.05, 4.69) is 15.3 Å². The van der Waals surface area contributed by atoms with Crippen LogP contribution in [0, 0.1) is 5.92 Å². The molecule has 1 unspecified atom stereocenters. The lowest BCUT2D eigenvalue weighted by Crippen LogP contribution is -2.33. The quantitative estimate of drug-likeness (QED) is 0.753.